The molecular weight excluding hydrogens is 355 g/mol. The highest BCUT2D eigenvalue weighted by Gasteiger charge is 2.30. The summed E-state index contributed by atoms with van der Waals surface area (Å²) in [6.07, 6.45) is 8.41. The molecule has 4 rings (SSSR count). The van der Waals surface area contributed by atoms with Crippen molar-refractivity contribution in [3.05, 3.63) is 41.5 Å². The number of aromatic nitrogens is 5. The number of aryl methyl sites for hydroxylation is 1. The molecule has 26 heavy (non-hydrogen) atoms. The topological polar surface area (TPSA) is 59.7 Å². The second kappa shape index (κ2) is 6.79. The van der Waals surface area contributed by atoms with Crippen molar-refractivity contribution in [3.63, 3.8) is 0 Å². The van der Waals surface area contributed by atoms with Gasteiger partial charge in [-0.3, -0.25) is 0 Å². The smallest absolute Gasteiger partial charge is 0.225 e. The Morgan fingerprint density at radius 3 is 2.69 bits per heavy atom. The molecule has 0 bridgehead atoms. The van der Waals surface area contributed by atoms with E-state index in [-0.39, 0.29) is 22.9 Å². The molecule has 3 aromatic heterocycles. The molecule has 0 spiro atoms. The molecule has 0 unspecified atom stereocenters. The molecule has 0 radical (unpaired) electrons. The number of hydrogen-bond acceptors (Lipinski definition) is 5. The first-order chi connectivity index (χ1) is 12.6. The zero-order valence-electron chi connectivity index (χ0n) is 14.7. The third kappa shape index (κ3) is 2.90. The van der Waals surface area contributed by atoms with Crippen LogP contribution in [-0.2, 0) is 6.42 Å². The van der Waals surface area contributed by atoms with Crippen molar-refractivity contribution in [2.24, 2.45) is 5.92 Å². The van der Waals surface area contributed by atoms with E-state index >= 15 is 0 Å². The predicted octanol–water partition coefficient (Wildman–Crippen LogP) is 3.66. The van der Waals surface area contributed by atoms with Crippen molar-refractivity contribution in [2.45, 2.75) is 32.7 Å². The minimum absolute atomic E-state index is 0.138. The molecule has 1 saturated heterocycles. The van der Waals surface area contributed by atoms with Crippen LogP contribution in [0.25, 0.3) is 11.0 Å². The van der Waals surface area contributed by atoms with E-state index in [4.69, 9.17) is 11.6 Å². The van der Waals surface area contributed by atoms with Gasteiger partial charge in [-0.25, -0.2) is 24.3 Å². The van der Waals surface area contributed by atoms with Crippen LogP contribution in [0.3, 0.4) is 0 Å². The first kappa shape index (κ1) is 17.1. The average Bonchev–Trinajstić information content (AvgIpc) is 2.99. The summed E-state index contributed by atoms with van der Waals surface area (Å²) in [7, 11) is 0. The lowest BCUT2D eigenvalue weighted by atomic mass is 9.94. The molecule has 0 amide bonds. The summed E-state index contributed by atoms with van der Waals surface area (Å²) in [4.78, 5) is 19.3. The Morgan fingerprint density at radius 2 is 2.00 bits per heavy atom. The fraction of sp³-hybridized carbons (Fsp3) is 0.444. The van der Waals surface area contributed by atoms with E-state index in [9.17, 15) is 4.39 Å². The van der Waals surface area contributed by atoms with E-state index in [1.807, 2.05) is 17.0 Å². The lowest BCUT2D eigenvalue weighted by molar-refractivity contribution is 0.300. The van der Waals surface area contributed by atoms with Gasteiger partial charge in [-0.05, 0) is 24.3 Å². The minimum atomic E-state index is -0.376. The summed E-state index contributed by atoms with van der Waals surface area (Å²) >= 11 is 6.05. The van der Waals surface area contributed by atoms with Crippen molar-refractivity contribution < 1.29 is 4.39 Å². The molecule has 4 heterocycles. The van der Waals surface area contributed by atoms with Gasteiger partial charge in [-0.1, -0.05) is 25.4 Å². The maximum absolute atomic E-state index is 14.3. The Morgan fingerprint density at radius 1 is 1.23 bits per heavy atom. The van der Waals surface area contributed by atoms with Crippen LogP contribution in [0.2, 0.25) is 5.15 Å². The van der Waals surface area contributed by atoms with Gasteiger partial charge in [-0.2, -0.15) is 0 Å². The largest absolute Gasteiger partial charge is 0.340 e. The van der Waals surface area contributed by atoms with Gasteiger partial charge < -0.3 is 9.47 Å². The molecule has 0 aliphatic carbocycles. The molecule has 2 atom stereocenters. The van der Waals surface area contributed by atoms with Crippen LogP contribution >= 0.6 is 11.6 Å². The molecule has 1 aliphatic heterocycles. The zero-order valence-corrected chi connectivity index (χ0v) is 15.5. The SMILES string of the molecule is CCc1cnc(N2CC[C@@H](n3cc(F)c4c(Cl)ncnc43)[C@H](C)C2)nc1. The summed E-state index contributed by atoms with van der Waals surface area (Å²) in [5.74, 6) is 0.655. The second-order valence-electron chi connectivity index (χ2n) is 6.77. The number of hydrogen-bond donors (Lipinski definition) is 0. The summed E-state index contributed by atoms with van der Waals surface area (Å²) in [6, 6.07) is 0.138. The highest BCUT2D eigenvalue weighted by molar-refractivity contribution is 6.34. The maximum atomic E-state index is 14.3. The molecule has 1 fully saturated rings. The van der Waals surface area contributed by atoms with Crippen LogP contribution in [0, 0.1) is 11.7 Å². The van der Waals surface area contributed by atoms with Crippen LogP contribution in [0.15, 0.2) is 24.9 Å². The monoisotopic (exact) mass is 374 g/mol. The van der Waals surface area contributed by atoms with E-state index in [1.165, 1.54) is 12.5 Å². The molecule has 0 aromatic carbocycles. The number of rotatable bonds is 3. The lowest BCUT2D eigenvalue weighted by Gasteiger charge is -2.37. The van der Waals surface area contributed by atoms with Gasteiger partial charge in [0, 0.05) is 37.7 Å². The Labute approximate surface area is 156 Å². The zero-order chi connectivity index (χ0) is 18.3. The van der Waals surface area contributed by atoms with E-state index in [2.05, 4.69) is 38.7 Å². The first-order valence-electron chi connectivity index (χ1n) is 8.81. The standard InChI is InChI=1S/C18H20ClFN6/c1-3-12-6-21-18(22-7-12)25-5-4-14(11(2)8-25)26-9-13(20)15-16(19)23-10-24-17(15)26/h6-7,9-11,14H,3-5,8H2,1-2H3/t11-,14-/m1/s1. The molecule has 8 heteroatoms. The number of anilines is 1. The molecular formula is C18H20ClFN6. The second-order valence-corrected chi connectivity index (χ2v) is 7.13. The van der Waals surface area contributed by atoms with E-state index in [0.29, 0.717) is 11.0 Å². The van der Waals surface area contributed by atoms with Gasteiger partial charge in [0.25, 0.3) is 0 Å². The normalized spacial score (nSPS) is 20.7. The minimum Gasteiger partial charge on any atom is -0.340 e. The molecule has 0 N–H and O–H groups in total. The van der Waals surface area contributed by atoms with E-state index in [1.54, 1.807) is 0 Å². The fourth-order valence-electron chi connectivity index (χ4n) is 3.68. The fourth-order valence-corrected chi connectivity index (χ4v) is 3.90. The third-order valence-electron chi connectivity index (χ3n) is 5.12. The summed E-state index contributed by atoms with van der Waals surface area (Å²) in [5.41, 5.74) is 1.68. The quantitative estimate of drug-likeness (QED) is 0.655. The van der Waals surface area contributed by atoms with Gasteiger partial charge in [0.15, 0.2) is 5.82 Å². The van der Waals surface area contributed by atoms with Crippen molar-refractivity contribution in [1.82, 2.24) is 24.5 Å². The molecule has 0 saturated carbocycles. The van der Waals surface area contributed by atoms with Crippen molar-refractivity contribution in [2.75, 3.05) is 18.0 Å². The highest BCUT2D eigenvalue weighted by Crippen LogP contribution is 2.34. The van der Waals surface area contributed by atoms with Crippen LogP contribution in [0.5, 0.6) is 0 Å². The van der Waals surface area contributed by atoms with Crippen LogP contribution < -0.4 is 4.90 Å². The Kier molecular flexibility index (Phi) is 4.48. The van der Waals surface area contributed by atoms with Gasteiger partial charge in [0.05, 0.1) is 5.39 Å². The lowest BCUT2D eigenvalue weighted by Crippen LogP contribution is -2.41. The number of nitrogens with zero attached hydrogens (tertiary/aromatic N) is 6. The van der Waals surface area contributed by atoms with Gasteiger partial charge in [0.1, 0.15) is 17.1 Å². The van der Waals surface area contributed by atoms with Crippen LogP contribution in [0.4, 0.5) is 10.3 Å². The Bertz CT molecular complexity index is 925. The third-order valence-corrected chi connectivity index (χ3v) is 5.40. The predicted molar refractivity (Wildman–Crippen MR) is 98.9 cm³/mol. The molecule has 3 aromatic rings. The molecule has 136 valence electrons. The van der Waals surface area contributed by atoms with E-state index in [0.717, 1.165) is 37.4 Å². The number of halogens is 2. The van der Waals surface area contributed by atoms with Crippen LogP contribution in [0.1, 0.15) is 31.9 Å². The van der Waals surface area contributed by atoms with Gasteiger partial charge in [-0.15, -0.1) is 0 Å². The first-order valence-corrected chi connectivity index (χ1v) is 9.18. The van der Waals surface area contributed by atoms with Crippen LogP contribution in [-0.4, -0.2) is 37.6 Å². The summed E-state index contributed by atoms with van der Waals surface area (Å²) < 4.78 is 16.3. The summed E-state index contributed by atoms with van der Waals surface area (Å²) in [6.45, 7) is 5.85. The van der Waals surface area contributed by atoms with Gasteiger partial charge in [0.2, 0.25) is 5.95 Å². The van der Waals surface area contributed by atoms with Crippen molar-refractivity contribution in [3.8, 4) is 0 Å². The van der Waals surface area contributed by atoms with Crippen molar-refractivity contribution in [1.29, 1.82) is 0 Å². The maximum Gasteiger partial charge on any atom is 0.225 e. The van der Waals surface area contributed by atoms with Crippen molar-refractivity contribution >= 4 is 28.6 Å². The highest BCUT2D eigenvalue weighted by atomic mass is 35.5. The van der Waals surface area contributed by atoms with Gasteiger partial charge >= 0.3 is 0 Å². The number of fused-ring (bicyclic) bond motifs is 1. The average molecular weight is 375 g/mol. The summed E-state index contributed by atoms with van der Waals surface area (Å²) in [5, 5.41) is 0.447. The molecule has 1 aliphatic rings. The number of piperidine rings is 1. The Hall–Kier alpha value is -2.28. The van der Waals surface area contributed by atoms with E-state index < -0.39 is 0 Å². The molecule has 6 nitrogen and oxygen atoms in total. The Balaban J connectivity index is 1.59.